The Morgan fingerprint density at radius 2 is 2.54 bits per heavy atom. The number of β-amino-alcohol motifs (C(OH)–C–C–N with tert-alkyl or cyclic N) is 1. The first-order valence-corrected chi connectivity index (χ1v) is 4.24. The molecule has 2 N–H and O–H groups in total. The topological polar surface area (TPSA) is 69.2 Å². The van der Waals surface area contributed by atoms with Crippen LogP contribution in [-0.2, 0) is 4.79 Å². The number of hydrogen-bond donors (Lipinski definition) is 2. The predicted molar refractivity (Wildman–Crippen MR) is 46.6 cm³/mol. The van der Waals surface area contributed by atoms with E-state index in [0.717, 1.165) is 0 Å². The summed E-state index contributed by atoms with van der Waals surface area (Å²) in [6, 6.07) is 1.55. The number of H-pyrrole nitrogens is 1. The third kappa shape index (κ3) is 1.52. The molecule has 13 heavy (non-hydrogen) atoms. The Morgan fingerprint density at radius 3 is 3.00 bits per heavy atom. The van der Waals surface area contributed by atoms with Gasteiger partial charge in [0.25, 0.3) is 0 Å². The first-order chi connectivity index (χ1) is 6.16. The molecule has 1 aliphatic rings. The Labute approximate surface area is 79.3 Å². The maximum atomic E-state index is 11.3. The van der Waals surface area contributed by atoms with Gasteiger partial charge in [-0.05, 0) is 0 Å². The third-order valence-corrected chi connectivity index (χ3v) is 2.11. The lowest BCUT2D eigenvalue weighted by Gasteiger charge is -2.10. The molecule has 0 radical (unpaired) electrons. The molecule has 0 bridgehead atoms. The summed E-state index contributed by atoms with van der Waals surface area (Å²) in [5.74, 6) is 0.335. The van der Waals surface area contributed by atoms with Gasteiger partial charge in [0, 0.05) is 6.07 Å². The van der Waals surface area contributed by atoms with Gasteiger partial charge in [-0.15, -0.1) is 0 Å². The number of amides is 1. The van der Waals surface area contributed by atoms with E-state index in [9.17, 15) is 9.90 Å². The van der Waals surface area contributed by atoms with E-state index in [0.29, 0.717) is 17.5 Å². The van der Waals surface area contributed by atoms with Gasteiger partial charge in [0.05, 0.1) is 19.1 Å². The standard InChI is InChI=1S/C7H8ClN3O2/c8-5-2-6(10-9-5)11-3-4(12)1-7(11)13/h2,4,12H,1,3H2,(H,9,10). The molecule has 2 heterocycles. The molecule has 1 aromatic rings. The van der Waals surface area contributed by atoms with Crippen LogP contribution in [0.5, 0.6) is 0 Å². The van der Waals surface area contributed by atoms with E-state index in [1.807, 2.05) is 0 Å². The Balaban J connectivity index is 2.22. The van der Waals surface area contributed by atoms with E-state index in [2.05, 4.69) is 10.2 Å². The van der Waals surface area contributed by atoms with Gasteiger partial charge >= 0.3 is 0 Å². The molecule has 1 atom stereocenters. The van der Waals surface area contributed by atoms with Crippen molar-refractivity contribution >= 4 is 23.3 Å². The van der Waals surface area contributed by atoms with E-state index in [4.69, 9.17) is 11.6 Å². The Hall–Kier alpha value is -1.07. The zero-order valence-electron chi connectivity index (χ0n) is 6.70. The number of nitrogens with one attached hydrogen (secondary N) is 1. The lowest BCUT2D eigenvalue weighted by molar-refractivity contribution is -0.117. The Kier molecular flexibility index (Phi) is 1.97. The van der Waals surface area contributed by atoms with Crippen LogP contribution in [0.4, 0.5) is 5.82 Å². The van der Waals surface area contributed by atoms with E-state index in [1.54, 1.807) is 6.07 Å². The SMILES string of the molecule is O=C1CC(O)CN1c1cc(Cl)[nH]n1. The van der Waals surface area contributed by atoms with Gasteiger partial charge in [-0.1, -0.05) is 11.6 Å². The van der Waals surface area contributed by atoms with Crippen molar-refractivity contribution in [3.05, 3.63) is 11.2 Å². The van der Waals surface area contributed by atoms with Crippen molar-refractivity contribution in [2.45, 2.75) is 12.5 Å². The van der Waals surface area contributed by atoms with Crippen molar-refractivity contribution in [1.29, 1.82) is 0 Å². The van der Waals surface area contributed by atoms with Gasteiger partial charge in [0.2, 0.25) is 5.91 Å². The van der Waals surface area contributed by atoms with Gasteiger partial charge in [0.15, 0.2) is 5.82 Å². The minimum absolute atomic E-state index is 0.129. The summed E-state index contributed by atoms with van der Waals surface area (Å²) < 4.78 is 0. The molecule has 0 aliphatic carbocycles. The number of hydrogen-bond acceptors (Lipinski definition) is 3. The van der Waals surface area contributed by atoms with Crippen molar-refractivity contribution in [2.24, 2.45) is 0 Å². The fourth-order valence-electron chi connectivity index (χ4n) is 1.34. The van der Waals surface area contributed by atoms with Gasteiger partial charge < -0.3 is 5.11 Å². The molecular weight excluding hydrogens is 194 g/mol. The number of aromatic nitrogens is 2. The number of nitrogens with zero attached hydrogens (tertiary/aromatic N) is 2. The summed E-state index contributed by atoms with van der Waals surface area (Å²) in [6.07, 6.45) is -0.437. The Bertz CT molecular complexity index is 338. The zero-order chi connectivity index (χ0) is 9.42. The minimum Gasteiger partial charge on any atom is -0.391 e. The average Bonchev–Trinajstić information content (AvgIpc) is 2.58. The summed E-state index contributed by atoms with van der Waals surface area (Å²) in [4.78, 5) is 12.7. The molecule has 1 aliphatic heterocycles. The number of rotatable bonds is 1. The molecule has 5 nitrogen and oxygen atoms in total. The molecule has 1 unspecified atom stereocenters. The molecule has 1 fully saturated rings. The van der Waals surface area contributed by atoms with Crippen LogP contribution in [0.2, 0.25) is 5.15 Å². The van der Waals surface area contributed by atoms with Crippen LogP contribution in [0.15, 0.2) is 6.07 Å². The second-order valence-corrected chi connectivity index (χ2v) is 3.34. The van der Waals surface area contributed by atoms with E-state index < -0.39 is 6.10 Å². The number of anilines is 1. The van der Waals surface area contributed by atoms with Gasteiger partial charge in [-0.3, -0.25) is 14.8 Å². The molecule has 70 valence electrons. The van der Waals surface area contributed by atoms with Crippen molar-refractivity contribution < 1.29 is 9.90 Å². The highest BCUT2D eigenvalue weighted by Crippen LogP contribution is 2.21. The first kappa shape index (κ1) is 8.52. The van der Waals surface area contributed by atoms with E-state index in [-0.39, 0.29) is 12.3 Å². The fraction of sp³-hybridized carbons (Fsp3) is 0.429. The third-order valence-electron chi connectivity index (χ3n) is 1.91. The van der Waals surface area contributed by atoms with Crippen LogP contribution in [0.25, 0.3) is 0 Å². The molecule has 6 heteroatoms. The molecule has 0 aromatic carbocycles. The second-order valence-electron chi connectivity index (χ2n) is 2.94. The van der Waals surface area contributed by atoms with Crippen LogP contribution in [0, 0.1) is 0 Å². The fourth-order valence-corrected chi connectivity index (χ4v) is 1.48. The summed E-state index contributed by atoms with van der Waals surface area (Å²) in [6.45, 7) is 0.292. The highest BCUT2D eigenvalue weighted by molar-refractivity contribution is 6.29. The molecule has 2 rings (SSSR count). The quantitative estimate of drug-likeness (QED) is 0.680. The molecular formula is C7H8ClN3O2. The van der Waals surface area contributed by atoms with E-state index in [1.165, 1.54) is 4.90 Å². The minimum atomic E-state index is -0.594. The summed E-state index contributed by atoms with van der Waals surface area (Å²) in [5.41, 5.74) is 0. The largest absolute Gasteiger partial charge is 0.391 e. The number of aliphatic hydroxyl groups is 1. The molecule has 0 saturated carbocycles. The monoisotopic (exact) mass is 201 g/mol. The number of aliphatic hydroxyl groups excluding tert-OH is 1. The van der Waals surface area contributed by atoms with Gasteiger partial charge in [0.1, 0.15) is 5.15 Å². The number of halogens is 1. The first-order valence-electron chi connectivity index (χ1n) is 3.86. The van der Waals surface area contributed by atoms with Gasteiger partial charge in [-0.25, -0.2) is 0 Å². The van der Waals surface area contributed by atoms with Crippen molar-refractivity contribution in [2.75, 3.05) is 11.4 Å². The molecule has 0 spiro atoms. The van der Waals surface area contributed by atoms with Gasteiger partial charge in [-0.2, -0.15) is 5.10 Å². The van der Waals surface area contributed by atoms with Crippen LogP contribution in [0.1, 0.15) is 6.42 Å². The van der Waals surface area contributed by atoms with Crippen molar-refractivity contribution in [3.8, 4) is 0 Å². The second kappa shape index (κ2) is 3.01. The Morgan fingerprint density at radius 1 is 1.77 bits per heavy atom. The zero-order valence-corrected chi connectivity index (χ0v) is 7.45. The summed E-state index contributed by atoms with van der Waals surface area (Å²) in [7, 11) is 0. The normalized spacial score (nSPS) is 22.8. The average molecular weight is 202 g/mol. The highest BCUT2D eigenvalue weighted by Gasteiger charge is 2.30. The smallest absolute Gasteiger partial charge is 0.230 e. The number of carbonyl (C=O) groups excluding carboxylic acids is 1. The summed E-state index contributed by atoms with van der Waals surface area (Å²) >= 11 is 5.60. The molecule has 1 saturated heterocycles. The van der Waals surface area contributed by atoms with Crippen LogP contribution >= 0.6 is 11.6 Å². The lowest BCUT2D eigenvalue weighted by Crippen LogP contribution is -2.25. The number of carbonyl (C=O) groups is 1. The van der Waals surface area contributed by atoms with Crippen LogP contribution in [-0.4, -0.2) is 33.9 Å². The highest BCUT2D eigenvalue weighted by atomic mass is 35.5. The number of aromatic amines is 1. The molecule has 1 amide bonds. The predicted octanol–water partition coefficient (Wildman–Crippen LogP) is 0.161. The maximum absolute atomic E-state index is 11.3. The molecule has 1 aromatic heterocycles. The lowest BCUT2D eigenvalue weighted by atomic mass is 10.3. The van der Waals surface area contributed by atoms with E-state index >= 15 is 0 Å². The maximum Gasteiger partial charge on any atom is 0.230 e. The summed E-state index contributed by atoms with van der Waals surface area (Å²) in [5, 5.41) is 15.9. The van der Waals surface area contributed by atoms with Crippen molar-refractivity contribution in [3.63, 3.8) is 0 Å². The van der Waals surface area contributed by atoms with Crippen LogP contribution < -0.4 is 4.90 Å². The van der Waals surface area contributed by atoms with Crippen molar-refractivity contribution in [1.82, 2.24) is 10.2 Å². The van der Waals surface area contributed by atoms with Crippen LogP contribution in [0.3, 0.4) is 0 Å².